The largest absolute Gasteiger partial charge is 0.332 e. The van der Waals surface area contributed by atoms with Gasteiger partial charge in [-0.2, -0.15) is 0 Å². The van der Waals surface area contributed by atoms with Gasteiger partial charge in [-0.05, 0) is 42.1 Å². The third-order valence-electron chi connectivity index (χ3n) is 5.29. The molecule has 1 aliphatic rings. The summed E-state index contributed by atoms with van der Waals surface area (Å²) in [7, 11) is 1.60. The first kappa shape index (κ1) is 19.6. The highest BCUT2D eigenvalue weighted by Gasteiger charge is 2.22. The lowest BCUT2D eigenvalue weighted by atomic mass is 10.1. The van der Waals surface area contributed by atoms with Crippen molar-refractivity contribution < 1.29 is 14.4 Å². The average Bonchev–Trinajstić information content (AvgIpc) is 3.19. The number of carbonyl (C=O) groups is 3. The van der Waals surface area contributed by atoms with Gasteiger partial charge in [0.2, 0.25) is 11.8 Å². The number of fused-ring (bicyclic) bond motifs is 1. The minimum Gasteiger partial charge on any atom is -0.332 e. The van der Waals surface area contributed by atoms with E-state index in [2.05, 4.69) is 5.32 Å². The van der Waals surface area contributed by atoms with Gasteiger partial charge in [0.05, 0.1) is 6.54 Å². The fraction of sp³-hybridized carbons (Fsp3) is 0.208. The number of rotatable bonds is 5. The Hall–Kier alpha value is -3.67. The molecule has 3 aromatic rings. The molecular formula is C24H23N3O3. The number of hydrogen-bond donors (Lipinski definition) is 1. The van der Waals surface area contributed by atoms with Gasteiger partial charge in [-0.1, -0.05) is 36.4 Å². The van der Waals surface area contributed by atoms with Crippen LogP contribution in [0.3, 0.4) is 0 Å². The smallest absolute Gasteiger partial charge is 0.254 e. The van der Waals surface area contributed by atoms with Crippen LogP contribution >= 0.6 is 0 Å². The Labute approximate surface area is 175 Å². The van der Waals surface area contributed by atoms with E-state index in [1.807, 2.05) is 42.5 Å². The number of carbonyl (C=O) groups excluding carboxylic acids is 3. The van der Waals surface area contributed by atoms with E-state index in [1.54, 1.807) is 36.2 Å². The molecule has 0 saturated carbocycles. The molecule has 0 aliphatic carbocycles. The zero-order valence-corrected chi connectivity index (χ0v) is 16.8. The van der Waals surface area contributed by atoms with E-state index in [0.717, 1.165) is 28.6 Å². The molecular weight excluding hydrogens is 378 g/mol. The number of hydrogen-bond acceptors (Lipinski definition) is 3. The Bertz CT molecular complexity index is 1100. The van der Waals surface area contributed by atoms with E-state index in [0.29, 0.717) is 18.5 Å². The number of nitrogens with one attached hydrogen (secondary N) is 1. The molecule has 0 aromatic heterocycles. The summed E-state index contributed by atoms with van der Waals surface area (Å²) < 4.78 is 0. The number of benzene rings is 3. The van der Waals surface area contributed by atoms with E-state index in [4.69, 9.17) is 0 Å². The van der Waals surface area contributed by atoms with Crippen molar-refractivity contribution in [2.45, 2.75) is 12.8 Å². The van der Waals surface area contributed by atoms with Crippen molar-refractivity contribution in [1.82, 2.24) is 4.90 Å². The molecule has 6 heteroatoms. The van der Waals surface area contributed by atoms with Gasteiger partial charge in [0.15, 0.2) is 0 Å². The Morgan fingerprint density at radius 1 is 1.00 bits per heavy atom. The predicted octanol–water partition coefficient (Wildman–Crippen LogP) is 3.68. The maximum Gasteiger partial charge on any atom is 0.254 e. The van der Waals surface area contributed by atoms with Crippen LogP contribution in [-0.2, 0) is 9.59 Å². The van der Waals surface area contributed by atoms with Crippen molar-refractivity contribution in [2.24, 2.45) is 0 Å². The molecule has 0 radical (unpaired) electrons. The molecule has 152 valence electrons. The van der Waals surface area contributed by atoms with Crippen molar-refractivity contribution in [3.8, 4) is 0 Å². The lowest BCUT2D eigenvalue weighted by molar-refractivity contribution is -0.117. The molecule has 0 spiro atoms. The molecule has 3 aromatic carbocycles. The van der Waals surface area contributed by atoms with Crippen molar-refractivity contribution in [1.29, 1.82) is 0 Å². The Morgan fingerprint density at radius 2 is 1.73 bits per heavy atom. The molecule has 0 atom stereocenters. The average molecular weight is 401 g/mol. The summed E-state index contributed by atoms with van der Waals surface area (Å²) >= 11 is 0. The molecule has 1 heterocycles. The van der Waals surface area contributed by atoms with E-state index < -0.39 is 0 Å². The maximum absolute atomic E-state index is 12.7. The van der Waals surface area contributed by atoms with Crippen LogP contribution in [0.25, 0.3) is 10.8 Å². The second-order valence-corrected chi connectivity index (χ2v) is 7.43. The van der Waals surface area contributed by atoms with Crippen LogP contribution in [-0.4, -0.2) is 42.8 Å². The van der Waals surface area contributed by atoms with Crippen LogP contribution in [0.4, 0.5) is 11.4 Å². The molecule has 1 fully saturated rings. The number of amides is 3. The van der Waals surface area contributed by atoms with Crippen LogP contribution in [0.1, 0.15) is 23.2 Å². The third kappa shape index (κ3) is 4.03. The Balaban J connectivity index is 1.40. The molecule has 3 amide bonds. The zero-order valence-electron chi connectivity index (χ0n) is 16.8. The van der Waals surface area contributed by atoms with Gasteiger partial charge in [-0.25, -0.2) is 0 Å². The van der Waals surface area contributed by atoms with E-state index in [9.17, 15) is 14.4 Å². The van der Waals surface area contributed by atoms with Crippen LogP contribution in [0, 0.1) is 0 Å². The first-order valence-electron chi connectivity index (χ1n) is 9.96. The minimum atomic E-state index is -0.263. The normalized spacial score (nSPS) is 13.5. The second-order valence-electron chi connectivity index (χ2n) is 7.43. The number of nitrogens with zero attached hydrogens (tertiary/aromatic N) is 2. The Morgan fingerprint density at radius 3 is 2.47 bits per heavy atom. The van der Waals surface area contributed by atoms with Crippen LogP contribution in [0.5, 0.6) is 0 Å². The van der Waals surface area contributed by atoms with Gasteiger partial charge in [-0.3, -0.25) is 14.4 Å². The first-order chi connectivity index (χ1) is 14.5. The lowest BCUT2D eigenvalue weighted by Gasteiger charge is -2.19. The quantitative estimate of drug-likeness (QED) is 0.709. The Kier molecular flexibility index (Phi) is 5.48. The molecule has 0 unspecified atom stereocenters. The predicted molar refractivity (Wildman–Crippen MR) is 118 cm³/mol. The lowest BCUT2D eigenvalue weighted by Crippen LogP contribution is -2.35. The van der Waals surface area contributed by atoms with Crippen molar-refractivity contribution in [2.75, 3.05) is 30.4 Å². The minimum absolute atomic E-state index is 0.0611. The maximum atomic E-state index is 12.7. The third-order valence-corrected chi connectivity index (χ3v) is 5.29. The second kappa shape index (κ2) is 8.37. The highest BCUT2D eigenvalue weighted by molar-refractivity contribution is 6.04. The highest BCUT2D eigenvalue weighted by Crippen LogP contribution is 2.23. The van der Waals surface area contributed by atoms with E-state index in [-0.39, 0.29) is 24.3 Å². The first-order valence-corrected chi connectivity index (χ1v) is 9.96. The van der Waals surface area contributed by atoms with Gasteiger partial charge in [0, 0.05) is 42.3 Å². The SMILES string of the molecule is CN(CC(=O)Nc1cccc2ccccc12)C(=O)c1ccc(N2CCCC2=O)cc1. The van der Waals surface area contributed by atoms with Gasteiger partial charge in [-0.15, -0.1) is 0 Å². The van der Waals surface area contributed by atoms with Crippen LogP contribution in [0.15, 0.2) is 66.7 Å². The molecule has 1 aliphatic heterocycles. The number of likely N-dealkylation sites (N-methyl/N-ethyl adjacent to an activating group) is 1. The fourth-order valence-electron chi connectivity index (χ4n) is 3.74. The van der Waals surface area contributed by atoms with Crippen molar-refractivity contribution in [3.63, 3.8) is 0 Å². The summed E-state index contributed by atoms with van der Waals surface area (Å²) in [6.45, 7) is 0.648. The van der Waals surface area contributed by atoms with E-state index in [1.165, 1.54) is 4.90 Å². The van der Waals surface area contributed by atoms with Gasteiger partial charge in [0.25, 0.3) is 5.91 Å². The molecule has 1 saturated heterocycles. The summed E-state index contributed by atoms with van der Waals surface area (Å²) in [6.07, 6.45) is 1.42. The van der Waals surface area contributed by atoms with Gasteiger partial charge in [0.1, 0.15) is 0 Å². The highest BCUT2D eigenvalue weighted by atomic mass is 16.2. The summed E-state index contributed by atoms with van der Waals surface area (Å²) in [5.41, 5.74) is 2.00. The summed E-state index contributed by atoms with van der Waals surface area (Å²) in [5, 5.41) is 4.89. The monoisotopic (exact) mass is 401 g/mol. The standard InChI is InChI=1S/C24H23N3O3/c1-26(16-22(28)25-21-9-4-7-17-6-2-3-8-20(17)21)24(30)18-11-13-19(14-12-18)27-15-5-10-23(27)29/h2-4,6-9,11-14H,5,10,15-16H2,1H3,(H,25,28). The van der Waals surface area contributed by atoms with Crippen LogP contribution < -0.4 is 10.2 Å². The van der Waals surface area contributed by atoms with Gasteiger partial charge < -0.3 is 15.1 Å². The molecule has 0 bridgehead atoms. The molecule has 30 heavy (non-hydrogen) atoms. The van der Waals surface area contributed by atoms with Gasteiger partial charge >= 0.3 is 0 Å². The molecule has 4 rings (SSSR count). The summed E-state index contributed by atoms with van der Waals surface area (Å²) in [4.78, 5) is 40.2. The van der Waals surface area contributed by atoms with E-state index >= 15 is 0 Å². The summed E-state index contributed by atoms with van der Waals surface area (Å²) in [5.74, 6) is -0.403. The fourth-order valence-corrected chi connectivity index (χ4v) is 3.74. The summed E-state index contributed by atoms with van der Waals surface area (Å²) in [6, 6.07) is 20.5. The van der Waals surface area contributed by atoms with Crippen molar-refractivity contribution >= 4 is 39.9 Å². The molecule has 6 nitrogen and oxygen atoms in total. The number of anilines is 2. The topological polar surface area (TPSA) is 69.7 Å². The molecule has 1 N–H and O–H groups in total. The zero-order chi connectivity index (χ0) is 21.1. The van der Waals surface area contributed by atoms with Crippen LogP contribution in [0.2, 0.25) is 0 Å². The van der Waals surface area contributed by atoms with Crippen molar-refractivity contribution in [3.05, 3.63) is 72.3 Å².